The first-order valence-electron chi connectivity index (χ1n) is 3.42. The summed E-state index contributed by atoms with van der Waals surface area (Å²) >= 11 is 3.21. The van der Waals surface area contributed by atoms with Gasteiger partial charge in [-0.2, -0.15) is 15.4 Å². The van der Waals surface area contributed by atoms with Gasteiger partial charge in [-0.3, -0.25) is 0 Å². The number of aromatic carboxylic acids is 1. The molecule has 2 rings (SSSR count). The standard InChI is InChI=1S/C7H4BrN3O2/c8-4-1-3(7(12)13)2-5-6(4)10-11-9-5/h1-2H,(H,12,13)(H,9,10,11). The van der Waals surface area contributed by atoms with Crippen LogP contribution in [0.25, 0.3) is 11.0 Å². The lowest BCUT2D eigenvalue weighted by atomic mass is 10.2. The van der Waals surface area contributed by atoms with E-state index in [1.807, 2.05) is 0 Å². The fourth-order valence-corrected chi connectivity index (χ4v) is 1.57. The summed E-state index contributed by atoms with van der Waals surface area (Å²) in [5.41, 5.74) is 1.35. The molecule has 0 amide bonds. The van der Waals surface area contributed by atoms with E-state index in [9.17, 15) is 4.79 Å². The topological polar surface area (TPSA) is 78.9 Å². The Bertz CT molecular complexity index is 480. The van der Waals surface area contributed by atoms with E-state index in [0.717, 1.165) is 0 Å². The van der Waals surface area contributed by atoms with Crippen molar-refractivity contribution in [1.29, 1.82) is 0 Å². The molecule has 0 aliphatic carbocycles. The number of benzene rings is 1. The Morgan fingerprint density at radius 3 is 2.92 bits per heavy atom. The van der Waals surface area contributed by atoms with Crippen LogP contribution in [0.3, 0.4) is 0 Å². The van der Waals surface area contributed by atoms with Gasteiger partial charge in [0.05, 0.1) is 5.56 Å². The minimum Gasteiger partial charge on any atom is -0.478 e. The van der Waals surface area contributed by atoms with E-state index in [1.165, 1.54) is 12.1 Å². The molecule has 1 aromatic heterocycles. The normalized spacial score (nSPS) is 10.5. The van der Waals surface area contributed by atoms with Crippen LogP contribution in [0.2, 0.25) is 0 Å². The largest absolute Gasteiger partial charge is 0.478 e. The van der Waals surface area contributed by atoms with Crippen molar-refractivity contribution < 1.29 is 9.90 Å². The van der Waals surface area contributed by atoms with Crippen LogP contribution in [-0.2, 0) is 0 Å². The van der Waals surface area contributed by atoms with Gasteiger partial charge in [-0.05, 0) is 28.1 Å². The van der Waals surface area contributed by atoms with Gasteiger partial charge in [-0.1, -0.05) is 0 Å². The third-order valence-electron chi connectivity index (χ3n) is 1.62. The van der Waals surface area contributed by atoms with Crippen molar-refractivity contribution in [2.45, 2.75) is 0 Å². The lowest BCUT2D eigenvalue weighted by molar-refractivity contribution is 0.0697. The van der Waals surface area contributed by atoms with Crippen molar-refractivity contribution in [3.8, 4) is 0 Å². The van der Waals surface area contributed by atoms with Crippen LogP contribution < -0.4 is 0 Å². The summed E-state index contributed by atoms with van der Waals surface area (Å²) in [6.07, 6.45) is 0. The molecule has 6 heteroatoms. The van der Waals surface area contributed by atoms with Crippen LogP contribution in [0, 0.1) is 0 Å². The van der Waals surface area contributed by atoms with Gasteiger partial charge < -0.3 is 5.11 Å². The molecule has 0 atom stereocenters. The molecule has 0 spiro atoms. The highest BCUT2D eigenvalue weighted by Gasteiger charge is 2.09. The summed E-state index contributed by atoms with van der Waals surface area (Å²) in [6.45, 7) is 0. The number of carboxylic acid groups (broad SMARTS) is 1. The highest BCUT2D eigenvalue weighted by molar-refractivity contribution is 9.10. The van der Waals surface area contributed by atoms with Gasteiger partial charge in [-0.25, -0.2) is 4.79 Å². The van der Waals surface area contributed by atoms with Crippen molar-refractivity contribution in [1.82, 2.24) is 15.4 Å². The summed E-state index contributed by atoms with van der Waals surface area (Å²) in [6, 6.07) is 2.96. The van der Waals surface area contributed by atoms with Gasteiger partial charge in [-0.15, -0.1) is 0 Å². The number of halogens is 1. The maximum absolute atomic E-state index is 10.6. The number of carboxylic acids is 1. The fourth-order valence-electron chi connectivity index (χ4n) is 1.03. The highest BCUT2D eigenvalue weighted by atomic mass is 79.9. The van der Waals surface area contributed by atoms with Gasteiger partial charge in [0.15, 0.2) is 0 Å². The van der Waals surface area contributed by atoms with Gasteiger partial charge >= 0.3 is 5.97 Å². The predicted octanol–water partition coefficient (Wildman–Crippen LogP) is 1.42. The van der Waals surface area contributed by atoms with Crippen molar-refractivity contribution in [3.05, 3.63) is 22.2 Å². The van der Waals surface area contributed by atoms with Crippen molar-refractivity contribution in [3.63, 3.8) is 0 Å². The second-order valence-corrected chi connectivity index (χ2v) is 3.31. The number of fused-ring (bicyclic) bond motifs is 1. The molecule has 0 unspecified atom stereocenters. The molecule has 0 saturated heterocycles. The quantitative estimate of drug-likeness (QED) is 0.792. The zero-order valence-corrected chi connectivity index (χ0v) is 7.87. The second kappa shape index (κ2) is 2.81. The lowest BCUT2D eigenvalue weighted by Crippen LogP contribution is -1.95. The predicted molar refractivity (Wildman–Crippen MR) is 48.5 cm³/mol. The van der Waals surface area contributed by atoms with E-state index in [4.69, 9.17) is 5.11 Å². The molecule has 1 heterocycles. The molecule has 0 bridgehead atoms. The molecule has 0 saturated carbocycles. The van der Waals surface area contributed by atoms with Crippen LogP contribution in [-0.4, -0.2) is 26.5 Å². The molecule has 66 valence electrons. The van der Waals surface area contributed by atoms with E-state index in [1.54, 1.807) is 0 Å². The third kappa shape index (κ3) is 1.29. The highest BCUT2D eigenvalue weighted by Crippen LogP contribution is 2.22. The van der Waals surface area contributed by atoms with Crippen molar-refractivity contribution >= 4 is 32.9 Å². The number of aromatic amines is 1. The van der Waals surface area contributed by atoms with Crippen molar-refractivity contribution in [2.75, 3.05) is 0 Å². The van der Waals surface area contributed by atoms with E-state index < -0.39 is 5.97 Å². The summed E-state index contributed by atoms with van der Waals surface area (Å²) in [5.74, 6) is -0.981. The Balaban J connectivity index is 2.77. The summed E-state index contributed by atoms with van der Waals surface area (Å²) in [4.78, 5) is 10.6. The summed E-state index contributed by atoms with van der Waals surface area (Å²) in [5, 5.41) is 18.8. The zero-order chi connectivity index (χ0) is 9.42. The average molecular weight is 242 g/mol. The smallest absolute Gasteiger partial charge is 0.335 e. The number of carbonyl (C=O) groups is 1. The number of H-pyrrole nitrogens is 1. The molecule has 0 fully saturated rings. The monoisotopic (exact) mass is 241 g/mol. The minimum absolute atomic E-state index is 0.188. The molecule has 2 N–H and O–H groups in total. The molecular formula is C7H4BrN3O2. The Hall–Kier alpha value is -1.43. The van der Waals surface area contributed by atoms with Crippen LogP contribution in [0.4, 0.5) is 0 Å². The maximum atomic E-state index is 10.6. The van der Waals surface area contributed by atoms with Crippen LogP contribution >= 0.6 is 15.9 Å². The van der Waals surface area contributed by atoms with E-state index in [0.29, 0.717) is 15.5 Å². The molecule has 0 aliphatic heterocycles. The molecule has 13 heavy (non-hydrogen) atoms. The Morgan fingerprint density at radius 2 is 2.23 bits per heavy atom. The zero-order valence-electron chi connectivity index (χ0n) is 6.28. The first-order chi connectivity index (χ1) is 6.18. The molecule has 1 aromatic carbocycles. The van der Waals surface area contributed by atoms with Gasteiger partial charge in [0, 0.05) is 4.47 Å². The van der Waals surface area contributed by atoms with Crippen LogP contribution in [0.5, 0.6) is 0 Å². The molecule has 0 aliphatic rings. The number of rotatable bonds is 1. The number of nitrogens with zero attached hydrogens (tertiary/aromatic N) is 2. The minimum atomic E-state index is -0.981. The summed E-state index contributed by atoms with van der Waals surface area (Å²) < 4.78 is 0.621. The molecular weight excluding hydrogens is 238 g/mol. The Morgan fingerprint density at radius 1 is 1.46 bits per heavy atom. The number of nitrogens with one attached hydrogen (secondary N) is 1. The molecule has 0 radical (unpaired) electrons. The summed E-state index contributed by atoms with van der Waals surface area (Å²) in [7, 11) is 0. The SMILES string of the molecule is O=C(O)c1cc(Br)c2n[nH]nc2c1. The van der Waals surface area contributed by atoms with Gasteiger partial charge in [0.25, 0.3) is 0 Å². The first-order valence-corrected chi connectivity index (χ1v) is 4.21. The lowest BCUT2D eigenvalue weighted by Gasteiger charge is -1.95. The first kappa shape index (κ1) is 8.18. The average Bonchev–Trinajstić information content (AvgIpc) is 2.51. The van der Waals surface area contributed by atoms with E-state index in [2.05, 4.69) is 31.3 Å². The second-order valence-electron chi connectivity index (χ2n) is 2.45. The van der Waals surface area contributed by atoms with Gasteiger partial charge in [0.1, 0.15) is 11.0 Å². The Kier molecular flexibility index (Phi) is 1.77. The number of hydrogen-bond donors (Lipinski definition) is 2. The van der Waals surface area contributed by atoms with E-state index >= 15 is 0 Å². The van der Waals surface area contributed by atoms with Crippen LogP contribution in [0.15, 0.2) is 16.6 Å². The fraction of sp³-hybridized carbons (Fsp3) is 0. The third-order valence-corrected chi connectivity index (χ3v) is 2.23. The van der Waals surface area contributed by atoms with E-state index in [-0.39, 0.29) is 5.56 Å². The van der Waals surface area contributed by atoms with Crippen molar-refractivity contribution in [2.24, 2.45) is 0 Å². The van der Waals surface area contributed by atoms with Crippen LogP contribution in [0.1, 0.15) is 10.4 Å². The maximum Gasteiger partial charge on any atom is 0.335 e. The van der Waals surface area contributed by atoms with Gasteiger partial charge in [0.2, 0.25) is 0 Å². The number of aromatic nitrogens is 3. The molecule has 2 aromatic rings. The Labute approximate surface area is 80.9 Å². The molecule has 5 nitrogen and oxygen atoms in total. The number of hydrogen-bond acceptors (Lipinski definition) is 3.